The summed E-state index contributed by atoms with van der Waals surface area (Å²) < 4.78 is 1.63. The minimum atomic E-state index is 0. The van der Waals surface area contributed by atoms with Crippen LogP contribution in [-0.2, 0) is 6.54 Å². The van der Waals surface area contributed by atoms with Crippen LogP contribution in [-0.4, -0.2) is 21.5 Å². The summed E-state index contributed by atoms with van der Waals surface area (Å²) in [5.74, 6) is 0.536. The van der Waals surface area contributed by atoms with Crippen molar-refractivity contribution in [2.45, 2.75) is 13.5 Å². The van der Waals surface area contributed by atoms with E-state index in [-0.39, 0.29) is 19.0 Å². The topological polar surface area (TPSA) is 64.1 Å². The molecule has 11 heavy (non-hydrogen) atoms. The number of hydrogen-bond acceptors (Lipinski definition) is 3. The van der Waals surface area contributed by atoms with Crippen LogP contribution in [0.4, 0.5) is 5.82 Å². The Hall–Kier alpha value is -0.740. The highest BCUT2D eigenvalue weighted by Crippen LogP contribution is 2.04. The predicted molar refractivity (Wildman–Crippen MR) is 45.7 cm³/mol. The Balaban J connectivity index is 0.000001000. The summed E-state index contributed by atoms with van der Waals surface area (Å²) in [6.45, 7) is 2.49. The molecule has 0 aliphatic heterocycles. The van der Waals surface area contributed by atoms with Gasteiger partial charge in [-0.25, -0.2) is 0 Å². The molecule has 0 aliphatic rings. The maximum Gasteiger partial charge on any atom is 0.148 e. The van der Waals surface area contributed by atoms with Crippen molar-refractivity contribution in [2.24, 2.45) is 0 Å². The summed E-state index contributed by atoms with van der Waals surface area (Å²) >= 11 is 0. The number of nitrogens with two attached hydrogens (primary N) is 1. The fourth-order valence-electron chi connectivity index (χ4n) is 0.753. The van der Waals surface area contributed by atoms with E-state index in [2.05, 4.69) is 5.10 Å². The van der Waals surface area contributed by atoms with Gasteiger partial charge in [0.15, 0.2) is 0 Å². The molecule has 0 fully saturated rings. The van der Waals surface area contributed by atoms with Gasteiger partial charge in [-0.15, -0.1) is 12.4 Å². The van der Waals surface area contributed by atoms with Crippen molar-refractivity contribution >= 4 is 18.2 Å². The molecule has 0 atom stereocenters. The molecule has 1 rings (SSSR count). The zero-order valence-corrected chi connectivity index (χ0v) is 7.14. The summed E-state index contributed by atoms with van der Waals surface area (Å²) in [6, 6.07) is 0. The van der Waals surface area contributed by atoms with Crippen molar-refractivity contribution in [3.8, 4) is 0 Å². The zero-order valence-electron chi connectivity index (χ0n) is 6.32. The first-order chi connectivity index (χ1) is 4.74. The molecule has 0 unspecified atom stereocenters. The number of anilines is 1. The van der Waals surface area contributed by atoms with Gasteiger partial charge in [-0.1, -0.05) is 0 Å². The number of halogens is 1. The number of nitrogens with zero attached hydrogens (tertiary/aromatic N) is 2. The van der Waals surface area contributed by atoms with E-state index in [1.807, 2.05) is 13.1 Å². The van der Waals surface area contributed by atoms with Gasteiger partial charge in [0.25, 0.3) is 0 Å². The third kappa shape index (κ3) is 2.40. The summed E-state index contributed by atoms with van der Waals surface area (Å²) in [5, 5.41) is 12.5. The van der Waals surface area contributed by atoms with Crippen LogP contribution < -0.4 is 5.73 Å². The van der Waals surface area contributed by atoms with Crippen LogP contribution in [0.3, 0.4) is 0 Å². The molecule has 5 heteroatoms. The third-order valence-corrected chi connectivity index (χ3v) is 1.31. The average molecular weight is 178 g/mol. The second-order valence-corrected chi connectivity index (χ2v) is 2.18. The monoisotopic (exact) mass is 177 g/mol. The smallest absolute Gasteiger partial charge is 0.148 e. The SMILES string of the molecule is Cc1cn(CCO)nc1N.Cl. The molecule has 0 saturated heterocycles. The Morgan fingerprint density at radius 3 is 2.73 bits per heavy atom. The molecule has 3 N–H and O–H groups in total. The molecule has 0 amide bonds. The molecule has 0 saturated carbocycles. The summed E-state index contributed by atoms with van der Waals surface area (Å²) in [4.78, 5) is 0. The van der Waals surface area contributed by atoms with Gasteiger partial charge in [0.05, 0.1) is 13.2 Å². The van der Waals surface area contributed by atoms with Crippen molar-refractivity contribution in [2.75, 3.05) is 12.3 Å². The van der Waals surface area contributed by atoms with Crippen LogP contribution in [0.5, 0.6) is 0 Å². The van der Waals surface area contributed by atoms with Crippen LogP contribution in [0, 0.1) is 6.92 Å². The molecule has 0 spiro atoms. The lowest BCUT2D eigenvalue weighted by atomic mass is 10.4. The molecule has 0 aliphatic carbocycles. The van der Waals surface area contributed by atoms with Crippen molar-refractivity contribution in [3.63, 3.8) is 0 Å². The maximum absolute atomic E-state index is 8.52. The van der Waals surface area contributed by atoms with Crippen LogP contribution in [0.2, 0.25) is 0 Å². The van der Waals surface area contributed by atoms with Gasteiger partial charge >= 0.3 is 0 Å². The molecule has 64 valence electrons. The van der Waals surface area contributed by atoms with E-state index in [4.69, 9.17) is 10.8 Å². The lowest BCUT2D eigenvalue weighted by molar-refractivity contribution is 0.269. The van der Waals surface area contributed by atoms with Gasteiger partial charge < -0.3 is 10.8 Å². The average Bonchev–Trinajstić information content (AvgIpc) is 2.14. The minimum absolute atomic E-state index is 0. The number of hydrogen-bond donors (Lipinski definition) is 2. The standard InChI is InChI=1S/C6H11N3O.ClH/c1-5-4-9(2-3-10)8-6(5)7;/h4,10H,2-3H2,1H3,(H2,7,8);1H. The quantitative estimate of drug-likeness (QED) is 0.678. The zero-order chi connectivity index (χ0) is 7.56. The van der Waals surface area contributed by atoms with Crippen molar-refractivity contribution in [3.05, 3.63) is 11.8 Å². The number of aromatic nitrogens is 2. The van der Waals surface area contributed by atoms with Gasteiger partial charge in [-0.3, -0.25) is 4.68 Å². The maximum atomic E-state index is 8.52. The molecular weight excluding hydrogens is 166 g/mol. The van der Waals surface area contributed by atoms with Crippen LogP contribution >= 0.6 is 12.4 Å². The Morgan fingerprint density at radius 1 is 1.73 bits per heavy atom. The Bertz CT molecular complexity index is 204. The van der Waals surface area contributed by atoms with E-state index < -0.39 is 0 Å². The fourth-order valence-corrected chi connectivity index (χ4v) is 0.753. The van der Waals surface area contributed by atoms with Gasteiger partial charge in [-0.2, -0.15) is 5.10 Å². The summed E-state index contributed by atoms with van der Waals surface area (Å²) in [5.41, 5.74) is 6.41. The second-order valence-electron chi connectivity index (χ2n) is 2.18. The first-order valence-electron chi connectivity index (χ1n) is 3.14. The molecule has 4 nitrogen and oxygen atoms in total. The van der Waals surface area contributed by atoms with Crippen molar-refractivity contribution < 1.29 is 5.11 Å². The molecule has 1 heterocycles. The van der Waals surface area contributed by atoms with E-state index in [0.29, 0.717) is 12.4 Å². The minimum Gasteiger partial charge on any atom is -0.394 e. The Morgan fingerprint density at radius 2 is 2.36 bits per heavy atom. The van der Waals surface area contributed by atoms with E-state index in [9.17, 15) is 0 Å². The summed E-state index contributed by atoms with van der Waals surface area (Å²) in [7, 11) is 0. The summed E-state index contributed by atoms with van der Waals surface area (Å²) in [6.07, 6.45) is 1.81. The van der Waals surface area contributed by atoms with Gasteiger partial charge in [0, 0.05) is 11.8 Å². The Kier molecular flexibility index (Phi) is 3.92. The third-order valence-electron chi connectivity index (χ3n) is 1.31. The van der Waals surface area contributed by atoms with Gasteiger partial charge in [0.1, 0.15) is 5.82 Å². The highest BCUT2D eigenvalue weighted by Gasteiger charge is 1.97. The van der Waals surface area contributed by atoms with Crippen LogP contribution in [0.15, 0.2) is 6.20 Å². The highest BCUT2D eigenvalue weighted by atomic mass is 35.5. The first kappa shape index (κ1) is 10.3. The lowest BCUT2D eigenvalue weighted by Gasteiger charge is -1.93. The van der Waals surface area contributed by atoms with Crippen molar-refractivity contribution in [1.29, 1.82) is 0 Å². The van der Waals surface area contributed by atoms with Crippen molar-refractivity contribution in [1.82, 2.24) is 9.78 Å². The predicted octanol–water partition coefficient (Wildman–Crippen LogP) is 0.188. The fraction of sp³-hybridized carbons (Fsp3) is 0.500. The molecule has 0 bridgehead atoms. The lowest BCUT2D eigenvalue weighted by Crippen LogP contribution is -2.02. The Labute approximate surface area is 71.4 Å². The van der Waals surface area contributed by atoms with E-state index in [0.717, 1.165) is 5.56 Å². The normalized spacial score (nSPS) is 9.27. The molecule has 0 aromatic carbocycles. The van der Waals surface area contributed by atoms with Gasteiger partial charge in [0.2, 0.25) is 0 Å². The van der Waals surface area contributed by atoms with Crippen LogP contribution in [0.1, 0.15) is 5.56 Å². The molecule has 1 aromatic rings. The number of rotatable bonds is 2. The highest BCUT2D eigenvalue weighted by molar-refractivity contribution is 5.85. The molecule has 1 aromatic heterocycles. The number of aryl methyl sites for hydroxylation is 1. The largest absolute Gasteiger partial charge is 0.394 e. The van der Waals surface area contributed by atoms with E-state index >= 15 is 0 Å². The van der Waals surface area contributed by atoms with Gasteiger partial charge in [-0.05, 0) is 6.92 Å². The van der Waals surface area contributed by atoms with E-state index in [1.165, 1.54) is 0 Å². The molecular formula is C6H12ClN3O. The molecule has 0 radical (unpaired) electrons. The number of nitrogen functional groups attached to an aromatic ring is 1. The number of aliphatic hydroxyl groups is 1. The van der Waals surface area contributed by atoms with E-state index in [1.54, 1.807) is 4.68 Å². The number of aliphatic hydroxyl groups excluding tert-OH is 1. The second kappa shape index (κ2) is 4.20. The first-order valence-corrected chi connectivity index (χ1v) is 3.14. The van der Waals surface area contributed by atoms with Crippen LogP contribution in [0.25, 0.3) is 0 Å².